The van der Waals surface area contributed by atoms with E-state index < -0.39 is 0 Å². The summed E-state index contributed by atoms with van der Waals surface area (Å²) < 4.78 is 2.06. The van der Waals surface area contributed by atoms with Crippen molar-refractivity contribution in [3.63, 3.8) is 0 Å². The van der Waals surface area contributed by atoms with Crippen molar-refractivity contribution in [2.45, 2.75) is 33.9 Å². The van der Waals surface area contributed by atoms with Gasteiger partial charge >= 0.3 is 0 Å². The Bertz CT molecular complexity index is 306. The van der Waals surface area contributed by atoms with Crippen LogP contribution in [0.1, 0.15) is 25.2 Å². The lowest BCUT2D eigenvalue weighted by molar-refractivity contribution is 0.348. The van der Waals surface area contributed by atoms with Crippen molar-refractivity contribution < 1.29 is 0 Å². The fourth-order valence-electron chi connectivity index (χ4n) is 1.66. The number of nitrogens with zero attached hydrogens (tertiary/aromatic N) is 3. The van der Waals surface area contributed by atoms with E-state index >= 15 is 0 Å². The zero-order chi connectivity index (χ0) is 12.0. The highest BCUT2D eigenvalue weighted by molar-refractivity contribution is 5.08. The number of likely N-dealkylation sites (N-methyl/N-ethyl adjacent to an activating group) is 1. The molecule has 0 unspecified atom stereocenters. The van der Waals surface area contributed by atoms with Gasteiger partial charge in [-0.25, -0.2) is 0 Å². The van der Waals surface area contributed by atoms with Gasteiger partial charge in [0, 0.05) is 26.2 Å². The van der Waals surface area contributed by atoms with Gasteiger partial charge < -0.3 is 10.2 Å². The Morgan fingerprint density at radius 1 is 1.44 bits per heavy atom. The summed E-state index contributed by atoms with van der Waals surface area (Å²) in [6.07, 6.45) is 0. The fraction of sp³-hybridized carbons (Fsp3) is 0.750. The topological polar surface area (TPSA) is 33.1 Å². The molecule has 1 heterocycles. The van der Waals surface area contributed by atoms with E-state index in [-0.39, 0.29) is 0 Å². The first-order valence-corrected chi connectivity index (χ1v) is 6.10. The zero-order valence-corrected chi connectivity index (χ0v) is 11.0. The maximum atomic E-state index is 4.43. The summed E-state index contributed by atoms with van der Waals surface area (Å²) in [6.45, 7) is 11.4. The third-order valence-electron chi connectivity index (χ3n) is 2.80. The highest BCUT2D eigenvalue weighted by Gasteiger charge is 2.03. The molecule has 0 aliphatic rings. The van der Waals surface area contributed by atoms with Gasteiger partial charge in [-0.2, -0.15) is 5.10 Å². The molecule has 0 atom stereocenters. The SMILES string of the molecule is CCN(C)CCNCc1cc(C)nn1CC. The van der Waals surface area contributed by atoms with Crippen LogP contribution in [0.3, 0.4) is 0 Å². The average Bonchev–Trinajstić information content (AvgIpc) is 2.64. The van der Waals surface area contributed by atoms with Crippen molar-refractivity contribution in [1.29, 1.82) is 0 Å². The van der Waals surface area contributed by atoms with Crippen LogP contribution in [0.25, 0.3) is 0 Å². The fourth-order valence-corrected chi connectivity index (χ4v) is 1.66. The number of nitrogens with one attached hydrogen (secondary N) is 1. The molecule has 1 aromatic heterocycles. The predicted octanol–water partition coefficient (Wildman–Crippen LogP) is 1.25. The molecule has 0 saturated heterocycles. The van der Waals surface area contributed by atoms with Crippen LogP contribution in [-0.4, -0.2) is 41.4 Å². The summed E-state index contributed by atoms with van der Waals surface area (Å²) in [7, 11) is 2.14. The maximum absolute atomic E-state index is 4.43. The van der Waals surface area contributed by atoms with Crippen molar-refractivity contribution in [1.82, 2.24) is 20.0 Å². The summed E-state index contributed by atoms with van der Waals surface area (Å²) >= 11 is 0. The minimum Gasteiger partial charge on any atom is -0.310 e. The standard InChI is InChI=1S/C12H24N4/c1-5-15(4)8-7-13-10-12-9-11(3)14-16(12)6-2/h9,13H,5-8,10H2,1-4H3. The lowest BCUT2D eigenvalue weighted by Gasteiger charge is -2.14. The van der Waals surface area contributed by atoms with Gasteiger partial charge in [-0.05, 0) is 33.5 Å². The first-order chi connectivity index (χ1) is 7.67. The smallest absolute Gasteiger partial charge is 0.0597 e. The average molecular weight is 224 g/mol. The second-order valence-corrected chi connectivity index (χ2v) is 4.17. The van der Waals surface area contributed by atoms with Gasteiger partial charge in [0.2, 0.25) is 0 Å². The monoisotopic (exact) mass is 224 g/mol. The first kappa shape index (κ1) is 13.2. The Morgan fingerprint density at radius 3 is 2.81 bits per heavy atom. The van der Waals surface area contributed by atoms with Crippen LogP contribution in [-0.2, 0) is 13.1 Å². The molecule has 0 aliphatic heterocycles. The van der Waals surface area contributed by atoms with Crippen molar-refractivity contribution >= 4 is 0 Å². The Balaban J connectivity index is 2.31. The third-order valence-corrected chi connectivity index (χ3v) is 2.80. The van der Waals surface area contributed by atoms with E-state index in [1.54, 1.807) is 0 Å². The molecule has 4 heteroatoms. The molecule has 16 heavy (non-hydrogen) atoms. The molecule has 0 fully saturated rings. The Hall–Kier alpha value is -0.870. The van der Waals surface area contributed by atoms with Crippen LogP contribution < -0.4 is 5.32 Å². The Kier molecular flexibility index (Phi) is 5.49. The number of aromatic nitrogens is 2. The Morgan fingerprint density at radius 2 is 2.19 bits per heavy atom. The van der Waals surface area contributed by atoms with Crippen LogP contribution in [0.15, 0.2) is 6.07 Å². The second-order valence-electron chi connectivity index (χ2n) is 4.17. The molecule has 1 aromatic rings. The van der Waals surface area contributed by atoms with E-state index in [4.69, 9.17) is 0 Å². The normalized spacial score (nSPS) is 11.3. The van der Waals surface area contributed by atoms with E-state index in [0.29, 0.717) is 0 Å². The van der Waals surface area contributed by atoms with Crippen LogP contribution >= 0.6 is 0 Å². The molecular formula is C12H24N4. The van der Waals surface area contributed by atoms with Crippen molar-refractivity contribution in [3.8, 4) is 0 Å². The molecule has 4 nitrogen and oxygen atoms in total. The molecule has 92 valence electrons. The first-order valence-electron chi connectivity index (χ1n) is 6.10. The molecule has 0 spiro atoms. The summed E-state index contributed by atoms with van der Waals surface area (Å²) in [5.41, 5.74) is 2.38. The molecule has 0 bridgehead atoms. The zero-order valence-electron chi connectivity index (χ0n) is 11.0. The van der Waals surface area contributed by atoms with E-state index in [1.807, 2.05) is 6.92 Å². The predicted molar refractivity (Wildman–Crippen MR) is 67.5 cm³/mol. The molecule has 1 rings (SSSR count). The van der Waals surface area contributed by atoms with E-state index in [0.717, 1.165) is 38.4 Å². The minimum atomic E-state index is 0.909. The molecule has 0 saturated carbocycles. The molecule has 0 amide bonds. The third kappa shape index (κ3) is 3.94. The van der Waals surface area contributed by atoms with E-state index in [2.05, 4.69) is 47.0 Å². The number of aryl methyl sites for hydroxylation is 2. The quantitative estimate of drug-likeness (QED) is 0.708. The van der Waals surface area contributed by atoms with Crippen LogP contribution in [0.4, 0.5) is 0 Å². The number of rotatable bonds is 7. The summed E-state index contributed by atoms with van der Waals surface area (Å²) in [5, 5.41) is 7.88. The van der Waals surface area contributed by atoms with Gasteiger partial charge in [0.15, 0.2) is 0 Å². The number of hydrogen-bond donors (Lipinski definition) is 1. The second kappa shape index (κ2) is 6.66. The van der Waals surface area contributed by atoms with Gasteiger partial charge in [0.25, 0.3) is 0 Å². The van der Waals surface area contributed by atoms with E-state index in [1.165, 1.54) is 5.69 Å². The van der Waals surface area contributed by atoms with E-state index in [9.17, 15) is 0 Å². The molecular weight excluding hydrogens is 200 g/mol. The van der Waals surface area contributed by atoms with Crippen molar-refractivity contribution in [2.24, 2.45) is 0 Å². The van der Waals surface area contributed by atoms with Crippen molar-refractivity contribution in [2.75, 3.05) is 26.7 Å². The Labute approximate surface area is 98.6 Å². The minimum absolute atomic E-state index is 0.909. The number of hydrogen-bond acceptors (Lipinski definition) is 3. The molecule has 1 N–H and O–H groups in total. The van der Waals surface area contributed by atoms with Crippen molar-refractivity contribution in [3.05, 3.63) is 17.5 Å². The van der Waals surface area contributed by atoms with Crippen LogP contribution in [0.2, 0.25) is 0 Å². The maximum Gasteiger partial charge on any atom is 0.0597 e. The van der Waals surface area contributed by atoms with Crippen LogP contribution in [0, 0.1) is 6.92 Å². The molecule has 0 aliphatic carbocycles. The highest BCUT2D eigenvalue weighted by atomic mass is 15.3. The summed E-state index contributed by atoms with van der Waals surface area (Å²) in [4.78, 5) is 2.30. The van der Waals surface area contributed by atoms with Gasteiger partial charge in [-0.15, -0.1) is 0 Å². The highest BCUT2D eigenvalue weighted by Crippen LogP contribution is 2.02. The largest absolute Gasteiger partial charge is 0.310 e. The summed E-state index contributed by atoms with van der Waals surface area (Å²) in [6, 6.07) is 2.15. The van der Waals surface area contributed by atoms with Crippen LogP contribution in [0.5, 0.6) is 0 Å². The lowest BCUT2D eigenvalue weighted by Crippen LogP contribution is -2.29. The lowest BCUT2D eigenvalue weighted by atomic mass is 10.3. The summed E-state index contributed by atoms with van der Waals surface area (Å²) in [5.74, 6) is 0. The van der Waals surface area contributed by atoms with Gasteiger partial charge in [0.1, 0.15) is 0 Å². The van der Waals surface area contributed by atoms with Gasteiger partial charge in [0.05, 0.1) is 11.4 Å². The molecule has 0 radical (unpaired) electrons. The van der Waals surface area contributed by atoms with Gasteiger partial charge in [-0.1, -0.05) is 6.92 Å². The van der Waals surface area contributed by atoms with Gasteiger partial charge in [-0.3, -0.25) is 4.68 Å². The molecule has 0 aromatic carbocycles.